The number of carbonyl (C=O) groups is 10. The zero-order chi connectivity index (χ0) is 101. The molecule has 6 heterocycles. The lowest BCUT2D eigenvalue weighted by atomic mass is 9.84. The number of hydrogen-bond acceptors (Lipinski definition) is 42. The fourth-order valence-corrected chi connectivity index (χ4v) is 15.1. The lowest BCUT2D eigenvalue weighted by molar-refractivity contribution is -0.272. The van der Waals surface area contributed by atoms with Crippen molar-refractivity contribution >= 4 is 66.6 Å². The highest BCUT2D eigenvalue weighted by Crippen LogP contribution is 2.37. The van der Waals surface area contributed by atoms with Crippen molar-refractivity contribution in [2.45, 2.75) is 259 Å². The Morgan fingerprint density at radius 2 is 0.899 bits per heavy atom. The molecule has 20 atom stereocenters. The van der Waals surface area contributed by atoms with Gasteiger partial charge in [0.25, 0.3) is 5.56 Å². The van der Waals surface area contributed by atoms with Gasteiger partial charge in [0.2, 0.25) is 47.3 Å². The van der Waals surface area contributed by atoms with E-state index in [1.165, 1.54) is 20.8 Å². The molecule has 0 aliphatic carbocycles. The number of rotatable bonds is 72. The van der Waals surface area contributed by atoms with Crippen molar-refractivity contribution in [1.82, 2.24) is 67.1 Å². The Balaban J connectivity index is 0.952. The van der Waals surface area contributed by atoms with Crippen molar-refractivity contribution in [3.63, 3.8) is 0 Å². The van der Waals surface area contributed by atoms with Crippen LogP contribution in [0.3, 0.4) is 0 Å². The molecule has 53 nitrogen and oxygen atoms in total. The number of hydrogen-bond donors (Lipinski definition) is 19. The molecule has 4 aliphatic rings. The van der Waals surface area contributed by atoms with Crippen LogP contribution in [0.15, 0.2) is 28.0 Å². The predicted molar refractivity (Wildman–Crippen MR) is 470 cm³/mol. The maximum atomic E-state index is 14.2. The summed E-state index contributed by atoms with van der Waals surface area (Å²) in [6, 6.07) is -2.40. The first-order valence-electron chi connectivity index (χ1n) is 46.1. The number of esters is 1. The monoisotopic (exact) mass is 2000 g/mol. The van der Waals surface area contributed by atoms with Crippen LogP contribution >= 0.6 is 7.60 Å². The van der Waals surface area contributed by atoms with Crippen LogP contribution in [-0.2, 0) is 141 Å². The van der Waals surface area contributed by atoms with E-state index in [1.54, 1.807) is 10.9 Å². The largest absolute Gasteiger partial charge is 0.779 e. The van der Waals surface area contributed by atoms with Gasteiger partial charge in [-0.15, -0.1) is 5.10 Å². The molecule has 0 aromatic carbocycles. The average molecular weight is 2000 g/mol. The fraction of sp³-hybridized carbons (Fsp3) is 0.810. The summed E-state index contributed by atoms with van der Waals surface area (Å²) in [5.74, 6) is -4.19. The number of aryl methyl sites for hydroxylation is 1. The summed E-state index contributed by atoms with van der Waals surface area (Å²) < 4.78 is 105. The molecule has 0 spiro atoms. The molecule has 0 bridgehead atoms. The third kappa shape index (κ3) is 45.0. The zero-order valence-corrected chi connectivity index (χ0v) is 79.2. The molecule has 6 rings (SSSR count). The third-order valence-corrected chi connectivity index (χ3v) is 22.4. The zero-order valence-electron chi connectivity index (χ0n) is 78.3. The van der Waals surface area contributed by atoms with Gasteiger partial charge >= 0.3 is 11.7 Å². The molecule has 4 saturated heterocycles. The Morgan fingerprint density at radius 3 is 1.33 bits per heavy atom. The van der Waals surface area contributed by atoms with Gasteiger partial charge in [-0.1, -0.05) is 11.6 Å². The minimum atomic E-state index is -4.21. The molecule has 19 N–H and O–H groups in total. The second-order valence-electron chi connectivity index (χ2n) is 33.4. The SMILES string of the molecule is CC(=O)N[C@@H]1[C@@H](OCCOCCNC(=O)CCCOCC(COCCCC(=O)NCCOCCO[C@H]2O[C@@H](CO)[C@@H](O)[C@@H](O)[C@@H]2NC(C)=O)(COCCCC(=O)NCCOCCO[C@@H]2O[C@H](CO)[C@H](O)[C@H](O)[C@H]2NC(C)=O)CC(=O)CCCCCOC(=O)CCC(=O)NCc2cn(CCCCCC(=O)NCCOC3[C@@H](O)[C@@H](COP(C)(=O)[O-])O[C@H]3n3ccc(=O)[nH]c3=O)nn2)O[C@@H](CO)[C@@H](O)[C@H]1O. The number of H-pyrrole nitrogens is 1. The Morgan fingerprint density at radius 1 is 0.471 bits per heavy atom. The van der Waals surface area contributed by atoms with Crippen molar-refractivity contribution < 1.29 is 184 Å². The van der Waals surface area contributed by atoms with Crippen LogP contribution in [0.1, 0.15) is 142 Å². The smallest absolute Gasteiger partial charge is 0.330 e. The van der Waals surface area contributed by atoms with Gasteiger partial charge in [0.15, 0.2) is 25.1 Å². The van der Waals surface area contributed by atoms with Crippen LogP contribution in [0.5, 0.6) is 0 Å². The van der Waals surface area contributed by atoms with Crippen molar-refractivity contribution in [3.05, 3.63) is 45.0 Å². The number of carbonyl (C=O) groups excluding carboxylic acids is 10. The molecule has 4 fully saturated rings. The van der Waals surface area contributed by atoms with E-state index in [4.69, 9.17) is 75.6 Å². The number of aromatic nitrogens is 5. The first-order chi connectivity index (χ1) is 66.0. The molecule has 788 valence electrons. The van der Waals surface area contributed by atoms with Crippen LogP contribution in [-0.4, -0.2) is 416 Å². The van der Waals surface area contributed by atoms with Crippen molar-refractivity contribution in [3.8, 4) is 0 Å². The summed E-state index contributed by atoms with van der Waals surface area (Å²) in [6.07, 6.45) is -15.4. The highest BCUT2D eigenvalue weighted by molar-refractivity contribution is 7.50. The quantitative estimate of drug-likeness (QED) is 0.0166. The molecule has 2 unspecified atom stereocenters. The highest BCUT2D eigenvalue weighted by Gasteiger charge is 2.50. The number of ether oxygens (including phenoxy) is 15. The van der Waals surface area contributed by atoms with Gasteiger partial charge in [0.05, 0.1) is 138 Å². The van der Waals surface area contributed by atoms with E-state index in [0.29, 0.717) is 50.8 Å². The molecule has 0 saturated carbocycles. The van der Waals surface area contributed by atoms with Crippen LogP contribution in [0.25, 0.3) is 0 Å². The number of Topliss-reactive ketones (excluding diaryl/α,β-unsaturated/α-hetero) is 1. The topological polar surface area (TPSA) is 743 Å². The summed E-state index contributed by atoms with van der Waals surface area (Å²) in [5.41, 5.74) is -2.29. The summed E-state index contributed by atoms with van der Waals surface area (Å²) in [4.78, 5) is 165. The number of amides is 8. The fourth-order valence-electron chi connectivity index (χ4n) is 14.7. The first-order valence-corrected chi connectivity index (χ1v) is 48.1. The molecule has 2 aromatic heterocycles. The minimum Gasteiger partial charge on any atom is -0.779 e. The molecule has 2 aromatic rings. The molecule has 4 aliphatic heterocycles. The van der Waals surface area contributed by atoms with Crippen molar-refractivity contribution in [2.24, 2.45) is 5.41 Å². The van der Waals surface area contributed by atoms with Gasteiger partial charge in [-0.2, -0.15) is 0 Å². The average Bonchev–Trinajstić information content (AvgIpc) is 1.59. The van der Waals surface area contributed by atoms with E-state index in [2.05, 4.69) is 57.8 Å². The Labute approximate surface area is 796 Å². The Hall–Kier alpha value is -8.09. The van der Waals surface area contributed by atoms with Gasteiger partial charge in [-0.3, -0.25) is 67.0 Å². The van der Waals surface area contributed by atoms with Gasteiger partial charge in [0, 0.05) is 143 Å². The molecular weight excluding hydrogens is 1860 g/mol. The second kappa shape index (κ2) is 65.2. The van der Waals surface area contributed by atoms with Crippen LogP contribution in [0.4, 0.5) is 0 Å². The van der Waals surface area contributed by atoms with Crippen molar-refractivity contribution in [1.29, 1.82) is 0 Å². The molecule has 8 amide bonds. The van der Waals surface area contributed by atoms with Crippen LogP contribution in [0, 0.1) is 5.41 Å². The predicted octanol–water partition coefficient (Wildman–Crippen LogP) is -8.54. The summed E-state index contributed by atoms with van der Waals surface area (Å²) in [7, 11) is -4.21. The standard InChI is InChI=1S/C84H142N13O40P/c1-52(101)90-68-75(116)71(112)57(45-98)135-80(68)130-39-36-122-32-22-85-62(106)16-11-28-125-49-84(50-126-29-12-17-63(107)86-23-33-123-37-40-131-81-69(91-53(2)102)76(117)72(113)58(46-99)136-81,51-127-30-13-18-64(108)87-24-34-124-38-41-132-82-70(92-54(3)103)77(118)73(114)59(47-100)137-82)42-56(104)14-7-6-10-31-128-67(111)20-19-65(109)89-43-55-44-96(95-94-55)26-9-5-8-15-61(105)88-25-35-129-78-74(115)60(48-133-138(4,120)121)134-79(78)97-27-21-66(110)93-83(97)119/h21,27,44,57-60,68-82,98-100,112-118H,5-20,22-26,28-43,45-51H2,1-4H3,(H,85,106)(H,86,107)(H,87,108)(H,88,105)(H,89,109)(H,90,101)(H,91,102)(H,92,103)(H,120,121)(H,93,110,119)/p-1/t57-,58-,59+,60+,68-,69-,70+,71+,72+,73-,74-,75-,76-,77+,78?,79+,80-,81-,82+/m0/s1. The van der Waals surface area contributed by atoms with E-state index < -0.39 is 197 Å². The van der Waals surface area contributed by atoms with Gasteiger partial charge in [-0.05, 0) is 51.4 Å². The maximum Gasteiger partial charge on any atom is 0.330 e. The summed E-state index contributed by atoms with van der Waals surface area (Å²) in [6.45, 7) is 2.17. The van der Waals surface area contributed by atoms with E-state index in [9.17, 15) is 118 Å². The number of ketones is 1. The van der Waals surface area contributed by atoms with Crippen molar-refractivity contribution in [2.75, 3.05) is 172 Å². The van der Waals surface area contributed by atoms with Gasteiger partial charge in [0.1, 0.15) is 110 Å². The lowest BCUT2D eigenvalue weighted by Crippen LogP contribution is -2.64. The maximum absolute atomic E-state index is 14.2. The molecule has 54 heteroatoms. The van der Waals surface area contributed by atoms with Gasteiger partial charge in [-0.25, -0.2) is 4.79 Å². The number of nitrogens with zero attached hydrogens (tertiary/aromatic N) is 4. The first kappa shape index (κ1) is 119. The third-order valence-electron chi connectivity index (χ3n) is 21.8. The normalized spacial score (nSPS) is 24.7. The molecule has 138 heavy (non-hydrogen) atoms. The van der Waals surface area contributed by atoms with E-state index in [-0.39, 0.29) is 245 Å². The highest BCUT2D eigenvalue weighted by atomic mass is 31.2. The molecular formula is C84H141N13O40P-. The number of aliphatic hydroxyl groups excluding tert-OH is 10. The van der Waals surface area contributed by atoms with Crippen LogP contribution in [0.2, 0.25) is 0 Å². The minimum absolute atomic E-state index is 0.00485. The number of nitrogens with one attached hydrogen (secondary N) is 9. The summed E-state index contributed by atoms with van der Waals surface area (Å²) in [5, 5.41) is 132. The number of unbranched alkanes of at least 4 members (excludes halogenated alkanes) is 4. The Kier molecular flexibility index (Phi) is 56.0. The van der Waals surface area contributed by atoms with E-state index in [1.807, 2.05) is 0 Å². The number of aromatic amines is 1. The second-order valence-corrected chi connectivity index (χ2v) is 35.2. The Bertz CT molecular complexity index is 3910. The number of aliphatic hydroxyl groups is 10. The van der Waals surface area contributed by atoms with Gasteiger partial charge < -0.3 is 179 Å². The van der Waals surface area contributed by atoms with E-state index >= 15 is 0 Å². The van der Waals surface area contributed by atoms with Crippen LogP contribution < -0.4 is 58.7 Å². The van der Waals surface area contributed by atoms with E-state index in [0.717, 1.165) is 23.5 Å². The molecule has 0 radical (unpaired) electrons. The summed E-state index contributed by atoms with van der Waals surface area (Å²) >= 11 is 0. The lowest BCUT2D eigenvalue weighted by Gasteiger charge is -2.42.